The van der Waals surface area contributed by atoms with Gasteiger partial charge in [0.05, 0.1) is 11.3 Å². The molecule has 1 aliphatic heterocycles. The van der Waals surface area contributed by atoms with Gasteiger partial charge in [-0.3, -0.25) is 9.98 Å². The van der Waals surface area contributed by atoms with Crippen LogP contribution in [0, 0.1) is 11.6 Å². The zero-order valence-electron chi connectivity index (χ0n) is 13.8. The normalized spacial score (nSPS) is 15.8. The number of pyridine rings is 1. The molecule has 0 unspecified atom stereocenters. The van der Waals surface area contributed by atoms with Crippen molar-refractivity contribution in [3.8, 4) is 0 Å². The van der Waals surface area contributed by atoms with Crippen molar-refractivity contribution in [1.82, 2.24) is 4.98 Å². The Kier molecular flexibility index (Phi) is 3.62. The second-order valence-electron chi connectivity index (χ2n) is 6.87. The van der Waals surface area contributed by atoms with E-state index in [0.29, 0.717) is 10.4 Å². The third-order valence-electron chi connectivity index (χ3n) is 4.42. The SMILES string of the molecule is CC1(C)Cc2c(Cl)cccc2C(c2cnc3c(F)c(F)ccc3c2)=N1. The van der Waals surface area contributed by atoms with E-state index in [4.69, 9.17) is 16.6 Å². The summed E-state index contributed by atoms with van der Waals surface area (Å²) in [5.74, 6) is -1.83. The summed E-state index contributed by atoms with van der Waals surface area (Å²) in [7, 11) is 0. The lowest BCUT2D eigenvalue weighted by molar-refractivity contribution is 0.513. The molecule has 4 rings (SSSR count). The number of aliphatic imine (C=N–C) groups is 1. The second-order valence-corrected chi connectivity index (χ2v) is 7.28. The van der Waals surface area contributed by atoms with Crippen molar-refractivity contribution in [2.45, 2.75) is 25.8 Å². The van der Waals surface area contributed by atoms with E-state index in [9.17, 15) is 8.78 Å². The van der Waals surface area contributed by atoms with Crippen LogP contribution in [0.1, 0.15) is 30.5 Å². The van der Waals surface area contributed by atoms with Gasteiger partial charge in [0.1, 0.15) is 5.52 Å². The van der Waals surface area contributed by atoms with Gasteiger partial charge in [-0.15, -0.1) is 0 Å². The van der Waals surface area contributed by atoms with Crippen molar-refractivity contribution >= 4 is 28.2 Å². The van der Waals surface area contributed by atoms with Crippen LogP contribution in [0.15, 0.2) is 47.6 Å². The van der Waals surface area contributed by atoms with E-state index in [1.54, 1.807) is 6.07 Å². The zero-order chi connectivity index (χ0) is 17.8. The number of hydrogen-bond donors (Lipinski definition) is 0. The molecule has 5 heteroatoms. The molecule has 1 aliphatic rings. The van der Waals surface area contributed by atoms with Crippen LogP contribution in [0.5, 0.6) is 0 Å². The van der Waals surface area contributed by atoms with E-state index in [1.807, 2.05) is 32.0 Å². The topological polar surface area (TPSA) is 25.2 Å². The molecule has 25 heavy (non-hydrogen) atoms. The fraction of sp³-hybridized carbons (Fsp3) is 0.200. The lowest BCUT2D eigenvalue weighted by atomic mass is 9.85. The molecule has 0 amide bonds. The number of benzene rings is 2. The van der Waals surface area contributed by atoms with Crippen molar-refractivity contribution in [2.24, 2.45) is 4.99 Å². The molecular weight excluding hydrogens is 342 g/mol. The molecule has 1 aromatic heterocycles. The summed E-state index contributed by atoms with van der Waals surface area (Å²) >= 11 is 6.39. The fourth-order valence-corrected chi connectivity index (χ4v) is 3.53. The van der Waals surface area contributed by atoms with Crippen LogP contribution in [-0.2, 0) is 6.42 Å². The summed E-state index contributed by atoms with van der Waals surface area (Å²) in [6, 6.07) is 10.2. The molecule has 2 aromatic carbocycles. The molecule has 0 N–H and O–H groups in total. The lowest BCUT2D eigenvalue weighted by Crippen LogP contribution is -2.29. The third kappa shape index (κ3) is 2.71. The Morgan fingerprint density at radius 2 is 1.92 bits per heavy atom. The number of rotatable bonds is 1. The molecule has 0 spiro atoms. The van der Waals surface area contributed by atoms with Crippen LogP contribution in [0.4, 0.5) is 8.78 Å². The first-order chi connectivity index (χ1) is 11.9. The number of nitrogens with zero attached hydrogens (tertiary/aromatic N) is 2. The molecule has 0 atom stereocenters. The molecule has 0 saturated heterocycles. The van der Waals surface area contributed by atoms with Gasteiger partial charge in [-0.05, 0) is 50.1 Å². The Morgan fingerprint density at radius 1 is 1.12 bits per heavy atom. The minimum absolute atomic E-state index is 0.0192. The maximum atomic E-state index is 13.9. The number of fused-ring (bicyclic) bond motifs is 2. The Balaban J connectivity index is 1.94. The number of aromatic nitrogens is 1. The highest BCUT2D eigenvalue weighted by Crippen LogP contribution is 2.34. The van der Waals surface area contributed by atoms with Crippen molar-refractivity contribution < 1.29 is 8.78 Å². The predicted octanol–water partition coefficient (Wildman–Crippen LogP) is 5.34. The highest BCUT2D eigenvalue weighted by Gasteiger charge is 2.29. The van der Waals surface area contributed by atoms with Crippen LogP contribution >= 0.6 is 11.6 Å². The Bertz CT molecular complexity index is 1040. The maximum absolute atomic E-state index is 13.9. The van der Waals surface area contributed by atoms with Gasteiger partial charge in [0.2, 0.25) is 0 Å². The molecular formula is C20H15ClF2N2. The van der Waals surface area contributed by atoms with Crippen LogP contribution < -0.4 is 0 Å². The summed E-state index contributed by atoms with van der Waals surface area (Å²) in [5, 5.41) is 1.24. The van der Waals surface area contributed by atoms with Gasteiger partial charge >= 0.3 is 0 Å². The van der Waals surface area contributed by atoms with Gasteiger partial charge < -0.3 is 0 Å². The van der Waals surface area contributed by atoms with Gasteiger partial charge in [-0.2, -0.15) is 0 Å². The summed E-state index contributed by atoms with van der Waals surface area (Å²) in [6.07, 6.45) is 2.28. The van der Waals surface area contributed by atoms with Crippen LogP contribution in [0.3, 0.4) is 0 Å². The van der Waals surface area contributed by atoms with Crippen molar-refractivity contribution in [2.75, 3.05) is 0 Å². The first kappa shape index (κ1) is 16.2. The first-order valence-electron chi connectivity index (χ1n) is 7.97. The van der Waals surface area contributed by atoms with Crippen LogP contribution in [-0.4, -0.2) is 16.2 Å². The van der Waals surface area contributed by atoms with E-state index in [1.165, 1.54) is 12.3 Å². The van der Waals surface area contributed by atoms with Gasteiger partial charge in [-0.25, -0.2) is 8.78 Å². The Hall–Kier alpha value is -2.33. The van der Waals surface area contributed by atoms with Crippen molar-refractivity contribution in [1.29, 1.82) is 0 Å². The summed E-state index contributed by atoms with van der Waals surface area (Å²) in [6.45, 7) is 4.09. The van der Waals surface area contributed by atoms with Crippen molar-refractivity contribution in [3.63, 3.8) is 0 Å². The lowest BCUT2D eigenvalue weighted by Gasteiger charge is -2.29. The third-order valence-corrected chi connectivity index (χ3v) is 4.77. The smallest absolute Gasteiger partial charge is 0.184 e. The average molecular weight is 357 g/mol. The molecule has 0 radical (unpaired) electrons. The average Bonchev–Trinajstić information content (AvgIpc) is 2.58. The molecule has 0 aliphatic carbocycles. The fourth-order valence-electron chi connectivity index (χ4n) is 3.29. The Morgan fingerprint density at radius 3 is 2.72 bits per heavy atom. The number of hydrogen-bond acceptors (Lipinski definition) is 2. The standard InChI is InChI=1S/C20H15ClF2N2/c1-20(2)9-14-13(4-3-5-15(14)21)18(25-20)12-8-11-6-7-16(22)17(23)19(11)24-10-12/h3-8,10H,9H2,1-2H3. The van der Waals surface area contributed by atoms with E-state index < -0.39 is 11.6 Å². The zero-order valence-corrected chi connectivity index (χ0v) is 14.5. The monoisotopic (exact) mass is 356 g/mol. The number of halogens is 3. The van der Waals surface area contributed by atoms with E-state index in [2.05, 4.69) is 4.98 Å². The largest absolute Gasteiger partial charge is 0.278 e. The minimum Gasteiger partial charge on any atom is -0.278 e. The van der Waals surface area contributed by atoms with E-state index >= 15 is 0 Å². The maximum Gasteiger partial charge on any atom is 0.184 e. The molecule has 0 bridgehead atoms. The van der Waals surface area contributed by atoms with Gasteiger partial charge in [-0.1, -0.05) is 23.7 Å². The second kappa shape index (κ2) is 5.60. The Labute approximate surface area is 149 Å². The minimum atomic E-state index is -0.932. The first-order valence-corrected chi connectivity index (χ1v) is 8.35. The molecule has 2 nitrogen and oxygen atoms in total. The molecule has 126 valence electrons. The quantitative estimate of drug-likeness (QED) is 0.578. The highest BCUT2D eigenvalue weighted by atomic mass is 35.5. The van der Waals surface area contributed by atoms with Gasteiger partial charge in [0.25, 0.3) is 0 Å². The molecule has 2 heterocycles. The summed E-state index contributed by atoms with van der Waals surface area (Å²) in [5.41, 5.74) is 3.24. The molecule has 0 fully saturated rings. The molecule has 3 aromatic rings. The summed E-state index contributed by atoms with van der Waals surface area (Å²) in [4.78, 5) is 8.99. The van der Waals surface area contributed by atoms with Crippen LogP contribution in [0.2, 0.25) is 5.02 Å². The molecule has 0 saturated carbocycles. The predicted molar refractivity (Wildman–Crippen MR) is 96.5 cm³/mol. The van der Waals surface area contributed by atoms with E-state index in [0.717, 1.165) is 34.9 Å². The van der Waals surface area contributed by atoms with Gasteiger partial charge in [0.15, 0.2) is 11.6 Å². The van der Waals surface area contributed by atoms with E-state index in [-0.39, 0.29) is 11.1 Å². The van der Waals surface area contributed by atoms with Crippen LogP contribution in [0.25, 0.3) is 10.9 Å². The highest BCUT2D eigenvalue weighted by molar-refractivity contribution is 6.32. The van der Waals surface area contributed by atoms with Crippen molar-refractivity contribution in [3.05, 3.63) is 75.9 Å². The van der Waals surface area contributed by atoms with Gasteiger partial charge in [0, 0.05) is 27.7 Å². The summed E-state index contributed by atoms with van der Waals surface area (Å²) < 4.78 is 27.3.